The number of halogens is 4. The van der Waals surface area contributed by atoms with Crippen LogP contribution in [0.2, 0.25) is 5.02 Å². The average Bonchev–Trinajstić information content (AvgIpc) is 2.99. The second-order valence-corrected chi connectivity index (χ2v) is 6.90. The number of carbonyl (C=O) groups is 1. The Bertz CT molecular complexity index is 937. The van der Waals surface area contributed by atoms with Crippen molar-refractivity contribution in [3.8, 4) is 0 Å². The van der Waals surface area contributed by atoms with Crippen molar-refractivity contribution in [3.63, 3.8) is 0 Å². The normalized spacial score (nSPS) is 17.1. The van der Waals surface area contributed by atoms with Crippen LogP contribution in [0.25, 0.3) is 5.57 Å². The highest BCUT2D eigenvalue weighted by molar-refractivity contribution is 6.31. The van der Waals surface area contributed by atoms with Crippen molar-refractivity contribution in [1.82, 2.24) is 5.32 Å². The van der Waals surface area contributed by atoms with Crippen LogP contribution < -0.4 is 5.32 Å². The maximum Gasteiger partial charge on any atom is 0.416 e. The molecule has 0 bridgehead atoms. The minimum Gasteiger partial charge on any atom is -0.462 e. The second-order valence-electron chi connectivity index (χ2n) is 6.50. The van der Waals surface area contributed by atoms with E-state index in [9.17, 15) is 18.0 Å². The molecule has 0 spiro atoms. The maximum absolute atomic E-state index is 13.1. The molecule has 3 rings (SSSR count). The number of carbonyl (C=O) groups excluding carboxylic acids is 1. The highest BCUT2D eigenvalue weighted by atomic mass is 35.5. The van der Waals surface area contributed by atoms with Crippen molar-refractivity contribution >= 4 is 23.0 Å². The summed E-state index contributed by atoms with van der Waals surface area (Å²) in [6, 6.07) is 9.90. The number of Topliss-reactive ketones (excluding diaryl/α,β-unsaturated/α-hetero) is 1. The highest BCUT2D eigenvalue weighted by Gasteiger charge is 2.38. The van der Waals surface area contributed by atoms with Gasteiger partial charge in [-0.2, -0.15) is 13.2 Å². The largest absolute Gasteiger partial charge is 0.462 e. The standard InChI is InChI=1S/C21H19ClF3NO2/c1-3-5-12-10-14(8-9-16(12)22)19-18(27)17(20(26-2)28-19)13-6-4-7-15(11-13)21(23,24)25/h4,6-11,19,26H,3,5H2,1-2H3. The first kappa shape index (κ1) is 20.3. The Kier molecular flexibility index (Phi) is 5.70. The van der Waals surface area contributed by atoms with E-state index in [1.54, 1.807) is 19.2 Å². The van der Waals surface area contributed by atoms with Gasteiger partial charge in [-0.3, -0.25) is 4.79 Å². The lowest BCUT2D eigenvalue weighted by molar-refractivity contribution is -0.137. The fourth-order valence-corrected chi connectivity index (χ4v) is 3.43. The zero-order valence-electron chi connectivity index (χ0n) is 15.4. The van der Waals surface area contributed by atoms with Crippen molar-refractivity contribution in [1.29, 1.82) is 0 Å². The molecule has 0 radical (unpaired) electrons. The number of benzene rings is 2. The molecule has 28 heavy (non-hydrogen) atoms. The molecule has 0 aromatic heterocycles. The van der Waals surface area contributed by atoms with Crippen LogP contribution in [-0.2, 0) is 22.1 Å². The molecule has 0 saturated carbocycles. The van der Waals surface area contributed by atoms with Gasteiger partial charge in [-0.25, -0.2) is 0 Å². The summed E-state index contributed by atoms with van der Waals surface area (Å²) >= 11 is 6.20. The molecule has 148 valence electrons. The summed E-state index contributed by atoms with van der Waals surface area (Å²) in [6.45, 7) is 2.02. The fraction of sp³-hybridized carbons (Fsp3) is 0.286. The summed E-state index contributed by atoms with van der Waals surface area (Å²) in [7, 11) is 1.56. The summed E-state index contributed by atoms with van der Waals surface area (Å²) in [5, 5.41) is 3.39. The Balaban J connectivity index is 1.99. The lowest BCUT2D eigenvalue weighted by Gasteiger charge is -2.13. The van der Waals surface area contributed by atoms with Crippen LogP contribution in [0.3, 0.4) is 0 Å². The average molecular weight is 410 g/mol. The molecule has 2 aromatic rings. The lowest BCUT2D eigenvalue weighted by atomic mass is 9.94. The van der Waals surface area contributed by atoms with Crippen LogP contribution in [0.15, 0.2) is 48.3 Å². The fourth-order valence-electron chi connectivity index (χ4n) is 3.22. The van der Waals surface area contributed by atoms with E-state index < -0.39 is 23.6 Å². The van der Waals surface area contributed by atoms with E-state index in [2.05, 4.69) is 5.32 Å². The van der Waals surface area contributed by atoms with Crippen LogP contribution in [0.4, 0.5) is 13.2 Å². The molecule has 1 unspecified atom stereocenters. The molecule has 1 aliphatic heterocycles. The van der Waals surface area contributed by atoms with E-state index in [1.165, 1.54) is 12.1 Å². The lowest BCUT2D eigenvalue weighted by Crippen LogP contribution is -2.11. The summed E-state index contributed by atoms with van der Waals surface area (Å²) in [5.74, 6) is -0.241. The highest BCUT2D eigenvalue weighted by Crippen LogP contribution is 2.39. The molecule has 0 amide bonds. The van der Waals surface area contributed by atoms with Gasteiger partial charge in [0.15, 0.2) is 12.0 Å². The van der Waals surface area contributed by atoms with Crippen molar-refractivity contribution in [3.05, 3.63) is 75.6 Å². The van der Waals surface area contributed by atoms with Gasteiger partial charge in [0, 0.05) is 17.6 Å². The number of ether oxygens (including phenoxy) is 1. The number of alkyl halides is 3. The SMILES string of the molecule is CCCc1cc(C2OC(NC)=C(c3cccc(C(F)(F)F)c3)C2=O)ccc1Cl. The van der Waals surface area contributed by atoms with Gasteiger partial charge in [-0.05, 0) is 35.7 Å². The van der Waals surface area contributed by atoms with Crippen LogP contribution in [0, 0.1) is 0 Å². The van der Waals surface area contributed by atoms with Crippen molar-refractivity contribution in [2.75, 3.05) is 7.05 Å². The Morgan fingerprint density at radius 2 is 1.93 bits per heavy atom. The second kappa shape index (κ2) is 7.87. The predicted molar refractivity (Wildman–Crippen MR) is 102 cm³/mol. The maximum atomic E-state index is 13.1. The third kappa shape index (κ3) is 3.87. The molecular formula is C21H19ClF3NO2. The number of rotatable bonds is 5. The Morgan fingerprint density at radius 3 is 2.57 bits per heavy atom. The number of hydrogen-bond donors (Lipinski definition) is 1. The smallest absolute Gasteiger partial charge is 0.416 e. The molecule has 1 heterocycles. The van der Waals surface area contributed by atoms with Crippen molar-refractivity contribution < 1.29 is 22.7 Å². The predicted octanol–water partition coefficient (Wildman–Crippen LogP) is 5.54. The number of hydrogen-bond acceptors (Lipinski definition) is 3. The molecule has 2 aromatic carbocycles. The van der Waals surface area contributed by atoms with E-state index >= 15 is 0 Å². The molecule has 7 heteroatoms. The molecule has 0 fully saturated rings. The Labute approximate surface area is 166 Å². The summed E-state index contributed by atoms with van der Waals surface area (Å²) in [6.07, 6.45) is -3.79. The number of ketones is 1. The van der Waals surface area contributed by atoms with Crippen molar-refractivity contribution in [2.24, 2.45) is 0 Å². The van der Waals surface area contributed by atoms with E-state index in [0.717, 1.165) is 30.5 Å². The number of nitrogens with one attached hydrogen (secondary N) is 1. The van der Waals surface area contributed by atoms with Gasteiger partial charge in [0.05, 0.1) is 11.1 Å². The molecule has 1 atom stereocenters. The zero-order valence-corrected chi connectivity index (χ0v) is 16.1. The van der Waals surface area contributed by atoms with E-state index in [0.29, 0.717) is 10.6 Å². The Morgan fingerprint density at radius 1 is 1.18 bits per heavy atom. The third-order valence-electron chi connectivity index (χ3n) is 4.54. The molecule has 0 saturated heterocycles. The topological polar surface area (TPSA) is 38.3 Å². The Hall–Kier alpha value is -2.47. The molecular weight excluding hydrogens is 391 g/mol. The van der Waals surface area contributed by atoms with Crippen LogP contribution in [0.5, 0.6) is 0 Å². The number of aryl methyl sites for hydroxylation is 1. The van der Waals surface area contributed by atoms with Gasteiger partial charge in [-0.1, -0.05) is 49.2 Å². The van der Waals surface area contributed by atoms with Crippen LogP contribution >= 0.6 is 11.6 Å². The van der Waals surface area contributed by atoms with Gasteiger partial charge < -0.3 is 10.1 Å². The molecule has 1 N–H and O–H groups in total. The zero-order chi connectivity index (χ0) is 20.5. The third-order valence-corrected chi connectivity index (χ3v) is 4.91. The van der Waals surface area contributed by atoms with Gasteiger partial charge in [-0.15, -0.1) is 0 Å². The first-order valence-electron chi connectivity index (χ1n) is 8.85. The first-order chi connectivity index (χ1) is 13.3. The minimum absolute atomic E-state index is 0.102. The summed E-state index contributed by atoms with van der Waals surface area (Å²) < 4.78 is 45.0. The first-order valence-corrected chi connectivity index (χ1v) is 9.23. The van der Waals surface area contributed by atoms with Gasteiger partial charge in [0.25, 0.3) is 0 Å². The quantitative estimate of drug-likeness (QED) is 0.704. The van der Waals surface area contributed by atoms with Gasteiger partial charge in [0.1, 0.15) is 0 Å². The van der Waals surface area contributed by atoms with Gasteiger partial charge in [0.2, 0.25) is 5.78 Å². The molecule has 3 nitrogen and oxygen atoms in total. The summed E-state index contributed by atoms with van der Waals surface area (Å²) in [5.41, 5.74) is 0.963. The van der Waals surface area contributed by atoms with Crippen molar-refractivity contribution in [2.45, 2.75) is 32.0 Å². The molecule has 0 aliphatic carbocycles. The van der Waals surface area contributed by atoms with Crippen LogP contribution in [-0.4, -0.2) is 12.8 Å². The monoisotopic (exact) mass is 409 g/mol. The summed E-state index contributed by atoms with van der Waals surface area (Å²) in [4.78, 5) is 13.1. The van der Waals surface area contributed by atoms with E-state index in [4.69, 9.17) is 16.3 Å². The molecule has 1 aliphatic rings. The van der Waals surface area contributed by atoms with Crippen LogP contribution in [0.1, 0.15) is 41.7 Å². The minimum atomic E-state index is -4.50. The van der Waals surface area contributed by atoms with E-state index in [1.807, 2.05) is 13.0 Å². The van der Waals surface area contributed by atoms with Gasteiger partial charge >= 0.3 is 6.18 Å². The van der Waals surface area contributed by atoms with E-state index in [-0.39, 0.29) is 17.0 Å².